The predicted octanol–water partition coefficient (Wildman–Crippen LogP) is 3.58. The molecule has 3 aromatic rings. The summed E-state index contributed by atoms with van der Waals surface area (Å²) in [4.78, 5) is 14.1. The molecule has 29 heavy (non-hydrogen) atoms. The molecule has 1 fully saturated rings. The highest BCUT2D eigenvalue weighted by Crippen LogP contribution is 2.25. The molecule has 3 heterocycles. The van der Waals surface area contributed by atoms with Crippen LogP contribution in [0.1, 0.15) is 30.9 Å². The summed E-state index contributed by atoms with van der Waals surface area (Å²) in [5.41, 5.74) is 4.06. The van der Waals surface area contributed by atoms with Gasteiger partial charge in [0.05, 0.1) is 17.1 Å². The zero-order chi connectivity index (χ0) is 20.2. The molecule has 0 unspecified atom stereocenters. The van der Waals surface area contributed by atoms with E-state index in [2.05, 4.69) is 39.2 Å². The van der Waals surface area contributed by atoms with Gasteiger partial charge in [0.1, 0.15) is 10.8 Å². The molecule has 0 radical (unpaired) electrons. The highest BCUT2D eigenvalue weighted by molar-refractivity contribution is 7.13. The second kappa shape index (κ2) is 8.92. The summed E-state index contributed by atoms with van der Waals surface area (Å²) in [6.07, 6.45) is 1.75. The number of halogens is 1. The highest BCUT2D eigenvalue weighted by atomic mass is 32.1. The van der Waals surface area contributed by atoms with Crippen LogP contribution < -0.4 is 4.90 Å². The smallest absolute Gasteiger partial charge is 0.245 e. The Bertz CT molecular complexity index is 950. The molecule has 1 saturated heterocycles. The highest BCUT2D eigenvalue weighted by Gasteiger charge is 2.21. The van der Waals surface area contributed by atoms with E-state index in [1.807, 2.05) is 0 Å². The standard InChI is InChI=1S/C21H25FN6S/c1-3-18-19(4-2)25-26-21(24-18)28-11-9-27(10-12-28)13-17-14-29-20(23-17)15-5-7-16(22)8-6-15/h5-8,14H,3-4,9-13H2,1-2H3. The predicted molar refractivity (Wildman–Crippen MR) is 114 cm³/mol. The van der Waals surface area contributed by atoms with E-state index >= 15 is 0 Å². The lowest BCUT2D eigenvalue weighted by Gasteiger charge is -2.34. The van der Waals surface area contributed by atoms with Crippen molar-refractivity contribution >= 4 is 17.3 Å². The summed E-state index contributed by atoms with van der Waals surface area (Å²) in [6.45, 7) is 8.64. The topological polar surface area (TPSA) is 58.0 Å². The average Bonchev–Trinajstić information content (AvgIpc) is 3.22. The minimum atomic E-state index is -0.224. The molecule has 0 spiro atoms. The first-order valence-electron chi connectivity index (χ1n) is 10.1. The molecular weight excluding hydrogens is 387 g/mol. The van der Waals surface area contributed by atoms with Crippen LogP contribution in [0.4, 0.5) is 10.3 Å². The number of hydrogen-bond donors (Lipinski definition) is 0. The van der Waals surface area contributed by atoms with Gasteiger partial charge in [0.15, 0.2) is 0 Å². The zero-order valence-electron chi connectivity index (χ0n) is 16.8. The van der Waals surface area contributed by atoms with Crippen molar-refractivity contribution in [2.45, 2.75) is 33.2 Å². The SMILES string of the molecule is CCc1nnc(N2CCN(Cc3csc(-c4ccc(F)cc4)n3)CC2)nc1CC. The Morgan fingerprint density at radius 1 is 0.931 bits per heavy atom. The maximum Gasteiger partial charge on any atom is 0.245 e. The normalized spacial score (nSPS) is 15.1. The van der Waals surface area contributed by atoms with Crippen molar-refractivity contribution in [2.75, 3.05) is 31.1 Å². The maximum absolute atomic E-state index is 13.1. The van der Waals surface area contributed by atoms with E-state index in [1.54, 1.807) is 23.5 Å². The Hall–Kier alpha value is -2.45. The molecule has 0 N–H and O–H groups in total. The van der Waals surface area contributed by atoms with Gasteiger partial charge in [-0.2, -0.15) is 5.10 Å². The Morgan fingerprint density at radius 3 is 2.34 bits per heavy atom. The Kier molecular flexibility index (Phi) is 6.10. The van der Waals surface area contributed by atoms with E-state index in [-0.39, 0.29) is 5.82 Å². The minimum absolute atomic E-state index is 0.224. The largest absolute Gasteiger partial charge is 0.337 e. The van der Waals surface area contributed by atoms with Crippen molar-refractivity contribution in [2.24, 2.45) is 0 Å². The van der Waals surface area contributed by atoms with Crippen LogP contribution >= 0.6 is 11.3 Å². The summed E-state index contributed by atoms with van der Waals surface area (Å²) < 4.78 is 13.1. The van der Waals surface area contributed by atoms with Crippen LogP contribution in [-0.2, 0) is 19.4 Å². The van der Waals surface area contributed by atoms with E-state index in [0.717, 1.165) is 79.2 Å². The fraction of sp³-hybridized carbons (Fsp3) is 0.429. The summed E-state index contributed by atoms with van der Waals surface area (Å²) in [7, 11) is 0. The molecule has 1 aromatic carbocycles. The van der Waals surface area contributed by atoms with Crippen LogP contribution in [0.15, 0.2) is 29.6 Å². The first-order chi connectivity index (χ1) is 14.2. The van der Waals surface area contributed by atoms with Gasteiger partial charge in [-0.3, -0.25) is 4.90 Å². The van der Waals surface area contributed by atoms with Gasteiger partial charge >= 0.3 is 0 Å². The lowest BCUT2D eigenvalue weighted by molar-refractivity contribution is 0.246. The van der Waals surface area contributed by atoms with Gasteiger partial charge in [-0.1, -0.05) is 13.8 Å². The third kappa shape index (κ3) is 4.59. The van der Waals surface area contributed by atoms with Crippen molar-refractivity contribution in [3.63, 3.8) is 0 Å². The van der Waals surface area contributed by atoms with Gasteiger partial charge in [-0.25, -0.2) is 14.4 Å². The van der Waals surface area contributed by atoms with Gasteiger partial charge < -0.3 is 4.90 Å². The molecule has 8 heteroatoms. The maximum atomic E-state index is 13.1. The van der Waals surface area contributed by atoms with Crippen molar-refractivity contribution in [1.29, 1.82) is 0 Å². The van der Waals surface area contributed by atoms with Crippen LogP contribution in [0.5, 0.6) is 0 Å². The molecule has 1 aliphatic rings. The molecule has 0 atom stereocenters. The van der Waals surface area contributed by atoms with E-state index in [0.29, 0.717) is 0 Å². The average molecular weight is 413 g/mol. The fourth-order valence-corrected chi connectivity index (χ4v) is 4.32. The van der Waals surface area contributed by atoms with Crippen LogP contribution in [0.3, 0.4) is 0 Å². The third-order valence-corrected chi connectivity index (χ3v) is 6.12. The number of benzene rings is 1. The number of aryl methyl sites for hydroxylation is 2. The molecule has 4 rings (SSSR count). The molecule has 2 aromatic heterocycles. The number of piperazine rings is 1. The van der Waals surface area contributed by atoms with Crippen LogP contribution in [0, 0.1) is 5.82 Å². The third-order valence-electron chi connectivity index (χ3n) is 5.18. The fourth-order valence-electron chi connectivity index (χ4n) is 3.50. The minimum Gasteiger partial charge on any atom is -0.337 e. The molecule has 0 aliphatic carbocycles. The first kappa shape index (κ1) is 19.8. The lowest BCUT2D eigenvalue weighted by atomic mass is 10.2. The van der Waals surface area contributed by atoms with Gasteiger partial charge in [0, 0.05) is 43.7 Å². The molecule has 0 saturated carbocycles. The van der Waals surface area contributed by atoms with Gasteiger partial charge in [-0.05, 0) is 37.1 Å². The Labute approximate surface area is 174 Å². The lowest BCUT2D eigenvalue weighted by Crippen LogP contribution is -2.46. The van der Waals surface area contributed by atoms with Gasteiger partial charge in [0.25, 0.3) is 0 Å². The monoisotopic (exact) mass is 412 g/mol. The van der Waals surface area contributed by atoms with Crippen molar-refractivity contribution in [1.82, 2.24) is 25.1 Å². The molecule has 152 valence electrons. The van der Waals surface area contributed by atoms with Crippen molar-refractivity contribution in [3.8, 4) is 10.6 Å². The molecule has 6 nitrogen and oxygen atoms in total. The molecule has 1 aliphatic heterocycles. The molecule has 0 amide bonds. The van der Waals surface area contributed by atoms with E-state index in [4.69, 9.17) is 9.97 Å². The van der Waals surface area contributed by atoms with Crippen LogP contribution in [0.25, 0.3) is 10.6 Å². The van der Waals surface area contributed by atoms with Gasteiger partial charge in [0.2, 0.25) is 5.95 Å². The first-order valence-corrected chi connectivity index (χ1v) is 10.9. The summed E-state index contributed by atoms with van der Waals surface area (Å²) >= 11 is 1.60. The number of hydrogen-bond acceptors (Lipinski definition) is 7. The Balaban J connectivity index is 1.35. The second-order valence-electron chi connectivity index (χ2n) is 7.13. The van der Waals surface area contributed by atoms with Crippen molar-refractivity contribution < 1.29 is 4.39 Å². The number of nitrogens with zero attached hydrogens (tertiary/aromatic N) is 6. The summed E-state index contributed by atoms with van der Waals surface area (Å²) in [6, 6.07) is 6.51. The quantitative estimate of drug-likeness (QED) is 0.617. The Morgan fingerprint density at radius 2 is 1.66 bits per heavy atom. The van der Waals surface area contributed by atoms with Crippen molar-refractivity contribution in [3.05, 3.63) is 52.5 Å². The van der Waals surface area contributed by atoms with E-state index in [1.165, 1.54) is 12.1 Å². The van der Waals surface area contributed by atoms with E-state index < -0.39 is 0 Å². The molecular formula is C21H25FN6S. The van der Waals surface area contributed by atoms with Gasteiger partial charge in [-0.15, -0.1) is 16.4 Å². The number of rotatable bonds is 6. The summed E-state index contributed by atoms with van der Waals surface area (Å²) in [5.74, 6) is 0.518. The summed E-state index contributed by atoms with van der Waals surface area (Å²) in [5, 5.41) is 11.7. The van der Waals surface area contributed by atoms with E-state index in [9.17, 15) is 4.39 Å². The molecule has 0 bridgehead atoms. The number of thiazole rings is 1. The second-order valence-corrected chi connectivity index (χ2v) is 7.98. The van der Waals surface area contributed by atoms with Crippen LogP contribution in [0.2, 0.25) is 0 Å². The van der Waals surface area contributed by atoms with Crippen LogP contribution in [-0.4, -0.2) is 51.2 Å². The number of anilines is 1. The zero-order valence-corrected chi connectivity index (χ0v) is 17.6. The number of aromatic nitrogens is 4.